The Kier molecular flexibility index (Phi) is 4.47. The van der Waals surface area contributed by atoms with Crippen LogP contribution in [0.5, 0.6) is 0 Å². The summed E-state index contributed by atoms with van der Waals surface area (Å²) in [5.41, 5.74) is 9.51. The number of nitrogen functional groups attached to an aromatic ring is 1. The van der Waals surface area contributed by atoms with Crippen LogP contribution in [-0.2, 0) is 7.05 Å². The largest absolute Gasteiger partial charge is 0.451 e. The highest BCUT2D eigenvalue weighted by molar-refractivity contribution is 5.88. The van der Waals surface area contributed by atoms with Gasteiger partial charge in [0.05, 0.1) is 5.56 Å². The Balaban J connectivity index is 1.88. The summed E-state index contributed by atoms with van der Waals surface area (Å²) < 4.78 is 9.29. The van der Waals surface area contributed by atoms with Crippen LogP contribution >= 0.6 is 0 Å². The van der Waals surface area contributed by atoms with Crippen molar-refractivity contribution in [2.45, 2.75) is 13.0 Å². The molecule has 0 amide bonds. The molecule has 1 aromatic carbocycles. The summed E-state index contributed by atoms with van der Waals surface area (Å²) in [5.74, 6) is 0.0415. The summed E-state index contributed by atoms with van der Waals surface area (Å²) in [6, 6.07) is 12.3. The molecule has 0 saturated carbocycles. The number of aromatic nitrogens is 6. The number of nitrogens with two attached hydrogens (primary N) is 1. The van der Waals surface area contributed by atoms with Gasteiger partial charge >= 0.3 is 11.6 Å². The van der Waals surface area contributed by atoms with Crippen molar-refractivity contribution < 1.29 is 8.82 Å². The van der Waals surface area contributed by atoms with Gasteiger partial charge in [-0.05, 0) is 13.0 Å². The minimum Gasteiger partial charge on any atom is -0.451 e. The van der Waals surface area contributed by atoms with Gasteiger partial charge in [-0.1, -0.05) is 30.3 Å². The Morgan fingerprint density at radius 3 is 2.59 bits per heavy atom. The number of fused-ring (bicyclic) bond motifs is 1. The quantitative estimate of drug-likeness (QED) is 0.416. The molecule has 0 spiro atoms. The van der Waals surface area contributed by atoms with Crippen molar-refractivity contribution in [2.24, 2.45) is 7.05 Å². The van der Waals surface area contributed by atoms with E-state index in [0.717, 1.165) is 5.56 Å². The molecule has 0 aliphatic carbocycles. The van der Waals surface area contributed by atoms with E-state index in [1.54, 1.807) is 19.3 Å². The molecule has 0 aliphatic heterocycles. The van der Waals surface area contributed by atoms with Gasteiger partial charge in [0, 0.05) is 30.4 Å². The fourth-order valence-electron chi connectivity index (χ4n) is 3.77. The molecule has 10 heteroatoms. The number of nitrogens with zero attached hydrogens (tertiary/aromatic N) is 5. The van der Waals surface area contributed by atoms with Gasteiger partial charge < -0.3 is 14.7 Å². The number of hydrogen-bond acceptors (Lipinski definition) is 6. The van der Waals surface area contributed by atoms with Crippen molar-refractivity contribution in [2.75, 3.05) is 5.73 Å². The Morgan fingerprint density at radius 2 is 1.91 bits per heavy atom. The molecule has 0 aliphatic rings. The molecular formula is C22H20N7O3+. The highest BCUT2D eigenvalue weighted by Gasteiger charge is 2.28. The molecule has 3 N–H and O–H groups in total. The topological polar surface area (TPSA) is 129 Å². The average molecular weight is 430 g/mol. The number of rotatable bonds is 4. The third kappa shape index (κ3) is 3.00. The van der Waals surface area contributed by atoms with E-state index in [9.17, 15) is 9.59 Å². The number of benzene rings is 1. The van der Waals surface area contributed by atoms with Crippen molar-refractivity contribution in [3.8, 4) is 22.4 Å². The molecule has 5 aromatic rings. The number of H-pyrrole nitrogens is 1. The molecule has 1 atom stereocenters. The minimum atomic E-state index is -0.436. The highest BCUT2D eigenvalue weighted by atomic mass is 16.3. The van der Waals surface area contributed by atoms with Crippen LogP contribution in [0.3, 0.4) is 0 Å². The number of aryl methyl sites for hydroxylation is 1. The molecule has 4 aromatic heterocycles. The summed E-state index contributed by atoms with van der Waals surface area (Å²) in [6.45, 7) is 1.82. The third-order valence-corrected chi connectivity index (χ3v) is 5.46. The van der Waals surface area contributed by atoms with Crippen LogP contribution in [0.15, 0.2) is 75.3 Å². The molecule has 1 unspecified atom stereocenters. The van der Waals surface area contributed by atoms with Crippen LogP contribution in [-0.4, -0.2) is 24.3 Å². The van der Waals surface area contributed by atoms with Crippen molar-refractivity contribution in [3.63, 3.8) is 0 Å². The number of hydrogen-bond donors (Lipinski definition) is 2. The Labute approximate surface area is 181 Å². The van der Waals surface area contributed by atoms with Crippen molar-refractivity contribution in [1.82, 2.24) is 24.3 Å². The van der Waals surface area contributed by atoms with Crippen LogP contribution in [0.1, 0.15) is 18.7 Å². The number of nitrogens with one attached hydrogen (secondary N) is 1. The lowest BCUT2D eigenvalue weighted by Gasteiger charge is -2.09. The zero-order valence-electron chi connectivity index (χ0n) is 17.4. The molecule has 4 heterocycles. The highest BCUT2D eigenvalue weighted by Crippen LogP contribution is 2.32. The predicted molar refractivity (Wildman–Crippen MR) is 117 cm³/mol. The molecule has 32 heavy (non-hydrogen) atoms. The lowest BCUT2D eigenvalue weighted by Crippen LogP contribution is -2.45. The SMILES string of the molecule is CC(c1cocn1)n1[nH]c2c(-c3ccc(=O)n(C)c3)c(-c3ccccc3)nc(N)[n+]2c1=O. The fourth-order valence-corrected chi connectivity index (χ4v) is 3.77. The van der Waals surface area contributed by atoms with Gasteiger partial charge in [0.15, 0.2) is 6.39 Å². The zero-order chi connectivity index (χ0) is 22.4. The summed E-state index contributed by atoms with van der Waals surface area (Å²) in [5, 5.41) is 3.18. The molecular weight excluding hydrogens is 410 g/mol. The van der Waals surface area contributed by atoms with Crippen LogP contribution in [0.4, 0.5) is 5.95 Å². The van der Waals surface area contributed by atoms with E-state index < -0.39 is 11.7 Å². The number of oxazole rings is 1. The van der Waals surface area contributed by atoms with Gasteiger partial charge in [-0.15, -0.1) is 9.38 Å². The maximum Gasteiger partial charge on any atom is 0.428 e. The van der Waals surface area contributed by atoms with Gasteiger partial charge in [0.1, 0.15) is 23.7 Å². The Morgan fingerprint density at radius 1 is 1.12 bits per heavy atom. The van der Waals surface area contributed by atoms with Crippen LogP contribution < -0.4 is 21.4 Å². The molecule has 0 fully saturated rings. The number of anilines is 1. The predicted octanol–water partition coefficient (Wildman–Crippen LogP) is 1.52. The lowest BCUT2D eigenvalue weighted by atomic mass is 10.0. The van der Waals surface area contributed by atoms with Gasteiger partial charge in [0.25, 0.3) is 0 Å². The minimum absolute atomic E-state index is 0.0415. The molecule has 10 nitrogen and oxygen atoms in total. The first-order valence-electron chi connectivity index (χ1n) is 9.92. The van der Waals surface area contributed by atoms with Crippen LogP contribution in [0, 0.1) is 0 Å². The van der Waals surface area contributed by atoms with Crippen molar-refractivity contribution >= 4 is 11.6 Å². The second-order valence-corrected chi connectivity index (χ2v) is 7.46. The second kappa shape index (κ2) is 7.34. The van der Waals surface area contributed by atoms with Gasteiger partial charge in [-0.2, -0.15) is 4.68 Å². The van der Waals surface area contributed by atoms with E-state index in [-0.39, 0.29) is 11.5 Å². The molecule has 0 radical (unpaired) electrons. The Hall–Kier alpha value is -4.47. The van der Waals surface area contributed by atoms with Crippen LogP contribution in [0.2, 0.25) is 0 Å². The first-order valence-corrected chi connectivity index (χ1v) is 9.92. The smallest absolute Gasteiger partial charge is 0.428 e. The second-order valence-electron chi connectivity index (χ2n) is 7.46. The first-order chi connectivity index (χ1) is 15.5. The summed E-state index contributed by atoms with van der Waals surface area (Å²) in [6.07, 6.45) is 4.50. The standard InChI is InChI=1S/C22H19N7O3/c1-13(16-11-32-12-24-16)29-22(31)28-20(26-29)18(15-8-9-17(30)27(2)10-15)19(25-21(28)23)14-6-4-3-5-7-14/h3-13H,1-2H3,(H2,23,25,26)/p+1. The van der Waals surface area contributed by atoms with E-state index in [4.69, 9.17) is 10.2 Å². The monoisotopic (exact) mass is 430 g/mol. The van der Waals surface area contributed by atoms with E-state index >= 15 is 0 Å². The number of pyridine rings is 1. The zero-order valence-corrected chi connectivity index (χ0v) is 17.4. The van der Waals surface area contributed by atoms with Crippen molar-refractivity contribution in [1.29, 1.82) is 0 Å². The van der Waals surface area contributed by atoms with E-state index in [1.807, 2.05) is 37.3 Å². The van der Waals surface area contributed by atoms with Crippen LogP contribution in [0.25, 0.3) is 28.0 Å². The number of aromatic amines is 1. The normalized spacial score (nSPS) is 12.3. The fraction of sp³-hybridized carbons (Fsp3) is 0.136. The van der Waals surface area contributed by atoms with E-state index in [2.05, 4.69) is 15.1 Å². The van der Waals surface area contributed by atoms with Gasteiger partial charge in [-0.25, -0.2) is 14.9 Å². The lowest BCUT2D eigenvalue weighted by molar-refractivity contribution is -0.516. The van der Waals surface area contributed by atoms with Gasteiger partial charge in [0.2, 0.25) is 11.2 Å². The summed E-state index contributed by atoms with van der Waals surface area (Å²) in [4.78, 5) is 34.0. The molecule has 0 saturated heterocycles. The van der Waals surface area contributed by atoms with Crippen molar-refractivity contribution in [3.05, 3.63) is 87.9 Å². The first kappa shape index (κ1) is 19.5. The Bertz CT molecular complexity index is 1550. The maximum atomic E-state index is 13.3. The molecule has 0 bridgehead atoms. The summed E-state index contributed by atoms with van der Waals surface area (Å²) >= 11 is 0. The third-order valence-electron chi connectivity index (χ3n) is 5.46. The maximum absolute atomic E-state index is 13.3. The molecule has 5 rings (SSSR count). The van der Waals surface area contributed by atoms with E-state index in [1.165, 1.54) is 32.4 Å². The van der Waals surface area contributed by atoms with E-state index in [0.29, 0.717) is 28.2 Å². The van der Waals surface area contributed by atoms with Gasteiger partial charge in [-0.3, -0.25) is 4.79 Å². The average Bonchev–Trinajstić information content (AvgIpc) is 3.45. The summed E-state index contributed by atoms with van der Waals surface area (Å²) in [7, 11) is 1.67. The molecule has 160 valence electrons.